The third kappa shape index (κ3) is 6.80. The zero-order valence-corrected chi connectivity index (χ0v) is 14.5. The standard InChI is InChI=1S/C17H24N4OS/c1-3-18-17(21-12-16-20-11-14(2)23-16)19-9-10-22-13-15-7-5-4-6-8-15/h4-8,11H,3,9-10,12-13H2,1-2H3,(H2,18,19,21). The summed E-state index contributed by atoms with van der Waals surface area (Å²) < 4.78 is 5.66. The second-order valence-electron chi connectivity index (χ2n) is 5.02. The number of hydrogen-bond acceptors (Lipinski definition) is 4. The number of aryl methyl sites for hydroxylation is 1. The van der Waals surface area contributed by atoms with Crippen molar-refractivity contribution in [3.05, 3.63) is 52.0 Å². The summed E-state index contributed by atoms with van der Waals surface area (Å²) in [4.78, 5) is 10.1. The average Bonchev–Trinajstić information content (AvgIpc) is 2.98. The Bertz CT molecular complexity index is 598. The lowest BCUT2D eigenvalue weighted by atomic mass is 10.2. The second-order valence-corrected chi connectivity index (χ2v) is 6.34. The summed E-state index contributed by atoms with van der Waals surface area (Å²) in [7, 11) is 0. The van der Waals surface area contributed by atoms with E-state index in [0.717, 1.165) is 24.1 Å². The van der Waals surface area contributed by atoms with Gasteiger partial charge in [0.1, 0.15) is 5.01 Å². The molecule has 1 aromatic carbocycles. The van der Waals surface area contributed by atoms with Gasteiger partial charge in [-0.15, -0.1) is 11.3 Å². The molecule has 6 heteroatoms. The second kappa shape index (κ2) is 9.97. The van der Waals surface area contributed by atoms with Crippen LogP contribution in [0, 0.1) is 6.92 Å². The molecular formula is C17H24N4OS. The molecule has 2 rings (SSSR count). The van der Waals surface area contributed by atoms with Crippen LogP contribution in [0.4, 0.5) is 0 Å². The van der Waals surface area contributed by atoms with Crippen LogP contribution in [-0.4, -0.2) is 30.6 Å². The third-order valence-electron chi connectivity index (χ3n) is 3.04. The van der Waals surface area contributed by atoms with Crippen LogP contribution in [-0.2, 0) is 17.9 Å². The van der Waals surface area contributed by atoms with Crippen LogP contribution in [0.3, 0.4) is 0 Å². The average molecular weight is 332 g/mol. The molecule has 0 unspecified atom stereocenters. The number of aromatic nitrogens is 1. The molecule has 1 heterocycles. The largest absolute Gasteiger partial charge is 0.375 e. The molecule has 0 atom stereocenters. The third-order valence-corrected chi connectivity index (χ3v) is 3.93. The molecule has 0 spiro atoms. The number of ether oxygens (including phenoxy) is 1. The first kappa shape index (κ1) is 17.4. The first-order valence-electron chi connectivity index (χ1n) is 7.83. The summed E-state index contributed by atoms with van der Waals surface area (Å²) >= 11 is 1.68. The van der Waals surface area contributed by atoms with Gasteiger partial charge in [0.25, 0.3) is 0 Å². The molecule has 1 aromatic heterocycles. The Kier molecular flexibility index (Phi) is 7.56. The van der Waals surface area contributed by atoms with E-state index in [1.165, 1.54) is 10.4 Å². The molecule has 5 nitrogen and oxygen atoms in total. The maximum Gasteiger partial charge on any atom is 0.191 e. The van der Waals surface area contributed by atoms with Crippen LogP contribution in [0.1, 0.15) is 22.4 Å². The van der Waals surface area contributed by atoms with Gasteiger partial charge in [-0.05, 0) is 19.4 Å². The monoisotopic (exact) mass is 332 g/mol. The minimum atomic E-state index is 0.596. The highest BCUT2D eigenvalue weighted by Crippen LogP contribution is 2.11. The summed E-state index contributed by atoms with van der Waals surface area (Å²) in [6, 6.07) is 10.2. The Morgan fingerprint density at radius 2 is 2.09 bits per heavy atom. The molecule has 23 heavy (non-hydrogen) atoms. The molecule has 0 radical (unpaired) electrons. The van der Waals surface area contributed by atoms with Gasteiger partial charge >= 0.3 is 0 Å². The SMILES string of the molecule is CCNC(=NCc1ncc(C)s1)NCCOCc1ccccc1. The maximum absolute atomic E-state index is 5.66. The van der Waals surface area contributed by atoms with Crippen molar-refractivity contribution in [2.24, 2.45) is 4.99 Å². The molecule has 2 aromatic rings. The summed E-state index contributed by atoms with van der Waals surface area (Å²) in [5.41, 5.74) is 1.19. The van der Waals surface area contributed by atoms with Crippen molar-refractivity contribution in [3.8, 4) is 0 Å². The number of hydrogen-bond donors (Lipinski definition) is 2. The number of nitrogens with zero attached hydrogens (tertiary/aromatic N) is 2. The first-order valence-corrected chi connectivity index (χ1v) is 8.64. The van der Waals surface area contributed by atoms with Crippen molar-refractivity contribution in [2.75, 3.05) is 19.7 Å². The van der Waals surface area contributed by atoms with Crippen LogP contribution in [0.25, 0.3) is 0 Å². The Hall–Kier alpha value is -1.92. The van der Waals surface area contributed by atoms with Crippen LogP contribution in [0.2, 0.25) is 0 Å². The normalized spacial score (nSPS) is 11.5. The van der Waals surface area contributed by atoms with Gasteiger partial charge in [0, 0.05) is 24.2 Å². The van der Waals surface area contributed by atoms with E-state index in [2.05, 4.69) is 46.6 Å². The van der Waals surface area contributed by atoms with E-state index in [9.17, 15) is 0 Å². The highest BCUT2D eigenvalue weighted by molar-refractivity contribution is 7.11. The van der Waals surface area contributed by atoms with Gasteiger partial charge in [-0.3, -0.25) is 0 Å². The number of thiazole rings is 1. The highest BCUT2D eigenvalue weighted by atomic mass is 32.1. The van der Waals surface area contributed by atoms with E-state index in [1.807, 2.05) is 24.4 Å². The van der Waals surface area contributed by atoms with Crippen molar-refractivity contribution in [3.63, 3.8) is 0 Å². The molecule has 0 saturated heterocycles. The van der Waals surface area contributed by atoms with Crippen LogP contribution >= 0.6 is 11.3 Å². The lowest BCUT2D eigenvalue weighted by molar-refractivity contribution is 0.125. The minimum Gasteiger partial charge on any atom is -0.375 e. The van der Waals surface area contributed by atoms with E-state index >= 15 is 0 Å². The molecule has 0 amide bonds. The van der Waals surface area contributed by atoms with Gasteiger partial charge in [0.2, 0.25) is 0 Å². The molecule has 124 valence electrons. The lowest BCUT2D eigenvalue weighted by Crippen LogP contribution is -2.38. The minimum absolute atomic E-state index is 0.596. The van der Waals surface area contributed by atoms with Crippen molar-refractivity contribution >= 4 is 17.3 Å². The summed E-state index contributed by atoms with van der Waals surface area (Å²) in [5.74, 6) is 0.795. The van der Waals surface area contributed by atoms with Crippen molar-refractivity contribution in [2.45, 2.75) is 27.0 Å². The summed E-state index contributed by atoms with van der Waals surface area (Å²) in [6.45, 7) is 7.52. The Morgan fingerprint density at radius 1 is 1.26 bits per heavy atom. The lowest BCUT2D eigenvalue weighted by Gasteiger charge is -2.11. The smallest absolute Gasteiger partial charge is 0.191 e. The van der Waals surface area contributed by atoms with Crippen LogP contribution in [0.5, 0.6) is 0 Å². The molecule has 0 fully saturated rings. The summed E-state index contributed by atoms with van der Waals surface area (Å²) in [6.07, 6.45) is 1.88. The van der Waals surface area contributed by atoms with Gasteiger partial charge in [0.05, 0.1) is 19.8 Å². The number of aliphatic imine (C=N–C) groups is 1. The molecular weight excluding hydrogens is 308 g/mol. The number of guanidine groups is 1. The molecule has 0 bridgehead atoms. The summed E-state index contributed by atoms with van der Waals surface area (Å²) in [5, 5.41) is 7.53. The van der Waals surface area contributed by atoms with E-state index < -0.39 is 0 Å². The van der Waals surface area contributed by atoms with E-state index in [-0.39, 0.29) is 0 Å². The van der Waals surface area contributed by atoms with E-state index in [1.54, 1.807) is 11.3 Å². The van der Waals surface area contributed by atoms with Crippen LogP contribution < -0.4 is 10.6 Å². The van der Waals surface area contributed by atoms with E-state index in [4.69, 9.17) is 4.74 Å². The van der Waals surface area contributed by atoms with Crippen molar-refractivity contribution in [1.29, 1.82) is 0 Å². The zero-order chi connectivity index (χ0) is 16.3. The fraction of sp³-hybridized carbons (Fsp3) is 0.412. The molecule has 0 aliphatic rings. The Morgan fingerprint density at radius 3 is 2.78 bits per heavy atom. The first-order chi connectivity index (χ1) is 11.3. The Labute approximate surface area is 141 Å². The van der Waals surface area contributed by atoms with Crippen LogP contribution in [0.15, 0.2) is 41.5 Å². The predicted octanol–water partition coefficient (Wildman–Crippen LogP) is 2.72. The topological polar surface area (TPSA) is 58.5 Å². The predicted molar refractivity (Wildman–Crippen MR) is 95.8 cm³/mol. The fourth-order valence-corrected chi connectivity index (χ4v) is 2.68. The number of benzene rings is 1. The quantitative estimate of drug-likeness (QED) is 0.443. The molecule has 0 aliphatic carbocycles. The van der Waals surface area contributed by atoms with Gasteiger partial charge in [-0.25, -0.2) is 9.98 Å². The van der Waals surface area contributed by atoms with E-state index in [0.29, 0.717) is 19.8 Å². The highest BCUT2D eigenvalue weighted by Gasteiger charge is 2.00. The van der Waals surface area contributed by atoms with Crippen molar-refractivity contribution < 1.29 is 4.74 Å². The molecule has 0 saturated carbocycles. The van der Waals surface area contributed by atoms with Crippen molar-refractivity contribution in [1.82, 2.24) is 15.6 Å². The fourth-order valence-electron chi connectivity index (χ4n) is 1.97. The van der Waals surface area contributed by atoms with Gasteiger partial charge in [0.15, 0.2) is 5.96 Å². The molecule has 0 aliphatic heterocycles. The Balaban J connectivity index is 1.69. The van der Waals surface area contributed by atoms with Gasteiger partial charge in [-0.1, -0.05) is 30.3 Å². The number of rotatable bonds is 8. The molecule has 2 N–H and O–H groups in total. The maximum atomic E-state index is 5.66. The number of nitrogens with one attached hydrogen (secondary N) is 2. The van der Waals surface area contributed by atoms with Gasteiger partial charge in [-0.2, -0.15) is 0 Å². The zero-order valence-electron chi connectivity index (χ0n) is 13.7. The van der Waals surface area contributed by atoms with Gasteiger partial charge < -0.3 is 15.4 Å².